The maximum absolute atomic E-state index is 6.00. The van der Waals surface area contributed by atoms with E-state index in [0.29, 0.717) is 5.92 Å². The molecule has 110 valence electrons. The number of nitrogens with one attached hydrogen (secondary N) is 1. The second-order valence-electron chi connectivity index (χ2n) is 6.30. The largest absolute Gasteiger partial charge is 0.457 e. The monoisotopic (exact) mass is 283 g/mol. The normalized spacial score (nSPS) is 23.7. The lowest BCUT2D eigenvalue weighted by Gasteiger charge is -2.18. The molecule has 21 heavy (non-hydrogen) atoms. The van der Waals surface area contributed by atoms with E-state index in [0.717, 1.165) is 41.9 Å². The molecule has 2 unspecified atom stereocenters. The van der Waals surface area contributed by atoms with E-state index in [1.54, 1.807) is 0 Å². The van der Waals surface area contributed by atoms with E-state index < -0.39 is 0 Å². The minimum absolute atomic E-state index is 0.597. The van der Waals surface area contributed by atoms with Crippen LogP contribution in [0.25, 0.3) is 11.6 Å². The molecule has 2 aliphatic carbocycles. The van der Waals surface area contributed by atoms with Gasteiger partial charge in [0, 0.05) is 24.2 Å². The first-order valence-corrected chi connectivity index (χ1v) is 7.94. The number of aromatic nitrogens is 2. The van der Waals surface area contributed by atoms with Crippen molar-refractivity contribution in [3.8, 4) is 11.6 Å². The zero-order valence-corrected chi connectivity index (χ0v) is 12.6. The van der Waals surface area contributed by atoms with Crippen LogP contribution < -0.4 is 5.32 Å². The van der Waals surface area contributed by atoms with Gasteiger partial charge in [-0.1, -0.05) is 6.92 Å². The van der Waals surface area contributed by atoms with Crippen LogP contribution in [-0.4, -0.2) is 17.0 Å². The highest BCUT2D eigenvalue weighted by Crippen LogP contribution is 2.48. The summed E-state index contributed by atoms with van der Waals surface area (Å²) < 4.78 is 6.00. The Hall–Kier alpha value is -1.84. The summed E-state index contributed by atoms with van der Waals surface area (Å²) in [4.78, 5) is 9.43. The number of furan rings is 1. The molecule has 0 radical (unpaired) electrons. The van der Waals surface area contributed by atoms with Crippen LogP contribution in [0.2, 0.25) is 0 Å². The highest BCUT2D eigenvalue weighted by Gasteiger charge is 2.36. The average Bonchev–Trinajstić information content (AvgIpc) is 3.05. The fourth-order valence-corrected chi connectivity index (χ4v) is 3.30. The summed E-state index contributed by atoms with van der Waals surface area (Å²) in [6.45, 7) is 2.27. The molecule has 4 heteroatoms. The zero-order chi connectivity index (χ0) is 14.4. The number of fused-ring (bicyclic) bond motifs is 1. The Morgan fingerprint density at radius 1 is 1.19 bits per heavy atom. The van der Waals surface area contributed by atoms with Gasteiger partial charge in [0.1, 0.15) is 11.6 Å². The third kappa shape index (κ3) is 2.23. The standard InChI is InChI=1S/C17H21N3O/c1-10-9-12(10)14-7-8-15(21-14)17-19-13-6-4-3-5-11(13)16(18-2)20-17/h7-8,10,12H,3-6,9H2,1-2H3,(H,18,19,20). The number of anilines is 1. The molecule has 1 N–H and O–H groups in total. The highest BCUT2D eigenvalue weighted by atomic mass is 16.3. The van der Waals surface area contributed by atoms with Gasteiger partial charge in [-0.2, -0.15) is 0 Å². The van der Waals surface area contributed by atoms with Crippen LogP contribution in [0.3, 0.4) is 0 Å². The van der Waals surface area contributed by atoms with Crippen LogP contribution in [0.4, 0.5) is 5.82 Å². The Kier molecular flexibility index (Phi) is 2.98. The van der Waals surface area contributed by atoms with Gasteiger partial charge < -0.3 is 9.73 Å². The van der Waals surface area contributed by atoms with Crippen molar-refractivity contribution in [3.63, 3.8) is 0 Å². The molecule has 1 saturated carbocycles. The van der Waals surface area contributed by atoms with E-state index in [2.05, 4.69) is 23.3 Å². The molecule has 2 atom stereocenters. The summed E-state index contributed by atoms with van der Waals surface area (Å²) in [6.07, 6.45) is 5.81. The lowest BCUT2D eigenvalue weighted by atomic mass is 9.96. The molecular formula is C17H21N3O. The third-order valence-electron chi connectivity index (χ3n) is 4.74. The van der Waals surface area contributed by atoms with Crippen molar-refractivity contribution in [1.29, 1.82) is 0 Å². The maximum atomic E-state index is 6.00. The molecular weight excluding hydrogens is 262 g/mol. The topological polar surface area (TPSA) is 51.0 Å². The fraction of sp³-hybridized carbons (Fsp3) is 0.529. The Morgan fingerprint density at radius 3 is 2.76 bits per heavy atom. The average molecular weight is 283 g/mol. The molecule has 2 aromatic rings. The van der Waals surface area contributed by atoms with Crippen molar-refractivity contribution in [1.82, 2.24) is 9.97 Å². The number of aryl methyl sites for hydroxylation is 1. The van der Waals surface area contributed by atoms with Crippen LogP contribution >= 0.6 is 0 Å². The van der Waals surface area contributed by atoms with Gasteiger partial charge in [-0.05, 0) is 50.2 Å². The molecule has 1 fully saturated rings. The van der Waals surface area contributed by atoms with Gasteiger partial charge in [-0.15, -0.1) is 0 Å². The predicted octanol–water partition coefficient (Wildman–Crippen LogP) is 3.78. The van der Waals surface area contributed by atoms with Crippen molar-refractivity contribution in [2.45, 2.75) is 44.9 Å². The van der Waals surface area contributed by atoms with Crippen LogP contribution in [0.1, 0.15) is 49.1 Å². The Labute approximate surface area is 125 Å². The molecule has 4 nitrogen and oxygen atoms in total. The second kappa shape index (κ2) is 4.86. The van der Waals surface area contributed by atoms with E-state index in [9.17, 15) is 0 Å². The van der Waals surface area contributed by atoms with Crippen LogP contribution in [0.5, 0.6) is 0 Å². The summed E-state index contributed by atoms with van der Waals surface area (Å²) in [5.41, 5.74) is 2.48. The van der Waals surface area contributed by atoms with Gasteiger partial charge in [0.15, 0.2) is 11.6 Å². The van der Waals surface area contributed by atoms with Crippen molar-refractivity contribution in [2.75, 3.05) is 12.4 Å². The van der Waals surface area contributed by atoms with E-state index in [1.807, 2.05) is 13.1 Å². The van der Waals surface area contributed by atoms with Crippen LogP contribution in [-0.2, 0) is 12.8 Å². The van der Waals surface area contributed by atoms with Crippen molar-refractivity contribution >= 4 is 5.82 Å². The summed E-state index contributed by atoms with van der Waals surface area (Å²) in [5, 5.41) is 3.22. The highest BCUT2D eigenvalue weighted by molar-refractivity contribution is 5.56. The summed E-state index contributed by atoms with van der Waals surface area (Å²) in [6, 6.07) is 4.11. The minimum atomic E-state index is 0.597. The number of rotatable bonds is 3. The number of hydrogen-bond donors (Lipinski definition) is 1. The molecule has 2 aliphatic rings. The Morgan fingerprint density at radius 2 is 2.00 bits per heavy atom. The van der Waals surface area contributed by atoms with Gasteiger partial charge >= 0.3 is 0 Å². The minimum Gasteiger partial charge on any atom is -0.457 e. The summed E-state index contributed by atoms with van der Waals surface area (Å²) in [7, 11) is 1.93. The molecule has 0 bridgehead atoms. The number of hydrogen-bond acceptors (Lipinski definition) is 4. The molecule has 0 saturated heterocycles. The summed E-state index contributed by atoms with van der Waals surface area (Å²) in [5.74, 6) is 4.92. The van der Waals surface area contributed by atoms with Gasteiger partial charge in [-0.25, -0.2) is 9.97 Å². The quantitative estimate of drug-likeness (QED) is 0.931. The molecule has 2 heterocycles. The smallest absolute Gasteiger partial charge is 0.197 e. The molecule has 2 aromatic heterocycles. The lowest BCUT2D eigenvalue weighted by molar-refractivity contribution is 0.514. The first kappa shape index (κ1) is 12.9. The van der Waals surface area contributed by atoms with E-state index >= 15 is 0 Å². The SMILES string of the molecule is CNc1nc(-c2ccc(C3CC3C)o2)nc2c1CCCC2. The molecule has 0 amide bonds. The lowest BCUT2D eigenvalue weighted by Crippen LogP contribution is -2.11. The molecule has 4 rings (SSSR count). The van der Waals surface area contributed by atoms with Gasteiger partial charge in [0.25, 0.3) is 0 Å². The first-order valence-electron chi connectivity index (χ1n) is 7.94. The van der Waals surface area contributed by atoms with Crippen molar-refractivity contribution in [2.24, 2.45) is 5.92 Å². The second-order valence-corrected chi connectivity index (χ2v) is 6.30. The Balaban J connectivity index is 1.72. The zero-order valence-electron chi connectivity index (χ0n) is 12.6. The van der Waals surface area contributed by atoms with Gasteiger partial charge in [-0.3, -0.25) is 0 Å². The van der Waals surface area contributed by atoms with Crippen LogP contribution in [0.15, 0.2) is 16.5 Å². The van der Waals surface area contributed by atoms with Crippen LogP contribution in [0, 0.1) is 5.92 Å². The predicted molar refractivity (Wildman–Crippen MR) is 82.4 cm³/mol. The van der Waals surface area contributed by atoms with E-state index in [1.165, 1.54) is 30.5 Å². The van der Waals surface area contributed by atoms with E-state index in [-0.39, 0.29) is 0 Å². The third-order valence-corrected chi connectivity index (χ3v) is 4.74. The fourth-order valence-electron chi connectivity index (χ4n) is 3.30. The molecule has 0 aromatic carbocycles. The summed E-state index contributed by atoms with van der Waals surface area (Å²) >= 11 is 0. The Bertz CT molecular complexity index is 659. The van der Waals surface area contributed by atoms with Gasteiger partial charge in [0.05, 0.1) is 0 Å². The molecule has 0 aliphatic heterocycles. The molecule has 0 spiro atoms. The van der Waals surface area contributed by atoms with Gasteiger partial charge in [0.2, 0.25) is 0 Å². The van der Waals surface area contributed by atoms with Crippen molar-refractivity contribution in [3.05, 3.63) is 29.2 Å². The maximum Gasteiger partial charge on any atom is 0.197 e. The first-order chi connectivity index (χ1) is 10.3. The van der Waals surface area contributed by atoms with Crippen molar-refractivity contribution < 1.29 is 4.42 Å². The number of nitrogens with zero attached hydrogens (tertiary/aromatic N) is 2. The van der Waals surface area contributed by atoms with E-state index in [4.69, 9.17) is 9.40 Å².